The van der Waals surface area contributed by atoms with Crippen molar-refractivity contribution in [3.63, 3.8) is 0 Å². The molecular weight excluding hydrogens is 278 g/mol. The summed E-state index contributed by atoms with van der Waals surface area (Å²) in [6, 6.07) is 7.46. The van der Waals surface area contributed by atoms with Crippen molar-refractivity contribution in [2.45, 2.75) is 33.4 Å². The molecule has 0 spiro atoms. The Labute approximate surface area is 128 Å². The van der Waals surface area contributed by atoms with E-state index in [2.05, 4.69) is 10.4 Å². The number of aryl methyl sites for hydroxylation is 2. The predicted octanol–water partition coefficient (Wildman–Crippen LogP) is 3.45. The normalized spacial score (nSPS) is 12.5. The van der Waals surface area contributed by atoms with Gasteiger partial charge < -0.3 is 9.73 Å². The van der Waals surface area contributed by atoms with Gasteiger partial charge in [0.05, 0.1) is 12.2 Å². The molecule has 0 bridgehead atoms. The fraction of sp³-hybridized carbons (Fsp3) is 0.294. The second kappa shape index (κ2) is 5.67. The maximum atomic E-state index is 12.4. The number of carbonyl (C=O) groups excluding carboxylic acids is 1. The summed E-state index contributed by atoms with van der Waals surface area (Å²) in [5, 5.41) is 8.14. The van der Waals surface area contributed by atoms with E-state index < -0.39 is 0 Å². The molecule has 1 aromatic carbocycles. The van der Waals surface area contributed by atoms with Crippen molar-refractivity contribution in [3.05, 3.63) is 53.5 Å². The van der Waals surface area contributed by atoms with E-state index in [1.54, 1.807) is 12.3 Å². The zero-order valence-corrected chi connectivity index (χ0v) is 13.0. The van der Waals surface area contributed by atoms with Gasteiger partial charge in [-0.3, -0.25) is 9.48 Å². The molecule has 3 rings (SSSR count). The fourth-order valence-electron chi connectivity index (χ4n) is 2.45. The highest BCUT2D eigenvalue weighted by Gasteiger charge is 2.17. The van der Waals surface area contributed by atoms with Crippen LogP contribution in [0.5, 0.6) is 0 Å². The zero-order chi connectivity index (χ0) is 15.7. The number of nitrogens with zero attached hydrogens (tertiary/aromatic N) is 2. The predicted molar refractivity (Wildman–Crippen MR) is 84.7 cm³/mol. The van der Waals surface area contributed by atoms with Gasteiger partial charge in [0.15, 0.2) is 5.76 Å². The number of carbonyl (C=O) groups is 1. The quantitative estimate of drug-likeness (QED) is 0.802. The van der Waals surface area contributed by atoms with Crippen LogP contribution in [0.25, 0.3) is 11.0 Å². The Balaban J connectivity index is 1.79. The van der Waals surface area contributed by atoms with Crippen LogP contribution in [0.1, 0.15) is 41.6 Å². The summed E-state index contributed by atoms with van der Waals surface area (Å²) in [5.74, 6) is 0.117. The molecule has 0 fully saturated rings. The number of rotatable bonds is 4. The summed E-state index contributed by atoms with van der Waals surface area (Å²) in [6.07, 6.45) is 3.71. The van der Waals surface area contributed by atoms with Crippen LogP contribution in [-0.2, 0) is 6.54 Å². The minimum absolute atomic E-state index is 0.123. The molecule has 5 heteroatoms. The van der Waals surface area contributed by atoms with Crippen molar-refractivity contribution >= 4 is 16.9 Å². The van der Waals surface area contributed by atoms with E-state index in [-0.39, 0.29) is 11.9 Å². The number of fused-ring (bicyclic) bond motifs is 1. The molecule has 3 aromatic rings. The lowest BCUT2D eigenvalue weighted by Crippen LogP contribution is -2.26. The second-order valence-corrected chi connectivity index (χ2v) is 5.42. The second-order valence-electron chi connectivity index (χ2n) is 5.42. The Hall–Kier alpha value is -2.56. The van der Waals surface area contributed by atoms with Crippen LogP contribution in [0, 0.1) is 6.92 Å². The topological polar surface area (TPSA) is 60.1 Å². The Kier molecular flexibility index (Phi) is 3.71. The van der Waals surface area contributed by atoms with Crippen molar-refractivity contribution in [1.29, 1.82) is 0 Å². The highest BCUT2D eigenvalue weighted by atomic mass is 16.3. The minimum atomic E-state index is -0.215. The van der Waals surface area contributed by atoms with Crippen molar-refractivity contribution in [1.82, 2.24) is 15.1 Å². The van der Waals surface area contributed by atoms with Crippen LogP contribution in [0.4, 0.5) is 0 Å². The first kappa shape index (κ1) is 14.4. The Morgan fingerprint density at radius 1 is 1.45 bits per heavy atom. The van der Waals surface area contributed by atoms with Crippen molar-refractivity contribution < 1.29 is 9.21 Å². The highest BCUT2D eigenvalue weighted by molar-refractivity contribution is 5.97. The summed E-state index contributed by atoms with van der Waals surface area (Å²) in [7, 11) is 0. The van der Waals surface area contributed by atoms with Gasteiger partial charge in [0.1, 0.15) is 5.58 Å². The zero-order valence-electron chi connectivity index (χ0n) is 13.0. The van der Waals surface area contributed by atoms with E-state index in [1.807, 2.05) is 49.8 Å². The lowest BCUT2D eigenvalue weighted by Gasteiger charge is -2.10. The third-order valence-electron chi connectivity index (χ3n) is 3.83. The first-order valence-electron chi connectivity index (χ1n) is 7.41. The molecule has 1 amide bonds. The van der Waals surface area contributed by atoms with Gasteiger partial charge in [-0.25, -0.2) is 0 Å². The molecule has 114 valence electrons. The molecule has 5 nitrogen and oxygen atoms in total. The first-order chi connectivity index (χ1) is 10.6. The van der Waals surface area contributed by atoms with Crippen LogP contribution in [0.2, 0.25) is 0 Å². The summed E-state index contributed by atoms with van der Waals surface area (Å²) in [4.78, 5) is 12.4. The maximum absolute atomic E-state index is 12.4. The van der Waals surface area contributed by atoms with Gasteiger partial charge in [-0.2, -0.15) is 5.10 Å². The largest absolute Gasteiger partial charge is 0.451 e. The molecule has 2 heterocycles. The van der Waals surface area contributed by atoms with Crippen LogP contribution in [0.3, 0.4) is 0 Å². The summed E-state index contributed by atoms with van der Waals surface area (Å²) >= 11 is 0. The number of hydrogen-bond donors (Lipinski definition) is 1. The Morgan fingerprint density at radius 3 is 2.95 bits per heavy atom. The molecule has 2 aromatic heterocycles. The van der Waals surface area contributed by atoms with Crippen molar-refractivity contribution in [3.8, 4) is 0 Å². The number of hydrogen-bond acceptors (Lipinski definition) is 3. The monoisotopic (exact) mass is 297 g/mol. The third kappa shape index (κ3) is 2.62. The number of furan rings is 1. The van der Waals surface area contributed by atoms with Gasteiger partial charge in [0.25, 0.3) is 5.91 Å². The Morgan fingerprint density at radius 2 is 2.27 bits per heavy atom. The molecule has 0 aliphatic carbocycles. The van der Waals surface area contributed by atoms with E-state index in [4.69, 9.17) is 4.42 Å². The SMILES string of the molecule is CCn1cc(C(C)NC(=O)c2cc3c(C)cccc3o2)cn1. The molecule has 1 unspecified atom stereocenters. The van der Waals surface area contributed by atoms with Crippen molar-refractivity contribution in [2.24, 2.45) is 0 Å². The molecular formula is C17H19N3O2. The van der Waals surface area contributed by atoms with Crippen molar-refractivity contribution in [2.75, 3.05) is 0 Å². The number of nitrogens with one attached hydrogen (secondary N) is 1. The van der Waals surface area contributed by atoms with Gasteiger partial charge in [-0.05, 0) is 38.5 Å². The minimum Gasteiger partial charge on any atom is -0.451 e. The van der Waals surface area contributed by atoms with Gasteiger partial charge in [-0.1, -0.05) is 12.1 Å². The highest BCUT2D eigenvalue weighted by Crippen LogP contribution is 2.23. The van der Waals surface area contributed by atoms with Gasteiger partial charge in [0, 0.05) is 23.7 Å². The summed E-state index contributed by atoms with van der Waals surface area (Å²) in [5.41, 5.74) is 2.80. The average Bonchev–Trinajstić information content (AvgIpc) is 3.14. The Bertz CT molecular complexity index is 816. The molecule has 0 saturated heterocycles. The van der Waals surface area contributed by atoms with E-state index in [9.17, 15) is 4.79 Å². The van der Waals surface area contributed by atoms with Crippen LogP contribution in [-0.4, -0.2) is 15.7 Å². The maximum Gasteiger partial charge on any atom is 0.287 e. The molecule has 1 atom stereocenters. The summed E-state index contributed by atoms with van der Waals surface area (Å²) < 4.78 is 7.48. The number of aromatic nitrogens is 2. The first-order valence-corrected chi connectivity index (χ1v) is 7.41. The molecule has 22 heavy (non-hydrogen) atoms. The van der Waals surface area contributed by atoms with E-state index >= 15 is 0 Å². The number of benzene rings is 1. The van der Waals surface area contributed by atoms with Gasteiger partial charge in [-0.15, -0.1) is 0 Å². The van der Waals surface area contributed by atoms with E-state index in [0.29, 0.717) is 5.76 Å². The third-order valence-corrected chi connectivity index (χ3v) is 3.83. The lowest BCUT2D eigenvalue weighted by molar-refractivity contribution is 0.0914. The van der Waals surface area contributed by atoms with Crippen LogP contribution < -0.4 is 5.32 Å². The molecule has 1 N–H and O–H groups in total. The van der Waals surface area contributed by atoms with E-state index in [0.717, 1.165) is 28.6 Å². The lowest BCUT2D eigenvalue weighted by atomic mass is 10.1. The average molecular weight is 297 g/mol. The fourth-order valence-corrected chi connectivity index (χ4v) is 2.45. The van der Waals surface area contributed by atoms with Crippen LogP contribution >= 0.6 is 0 Å². The standard InChI is InChI=1S/C17H19N3O2/c1-4-20-10-13(9-18-20)12(3)19-17(21)16-8-14-11(2)6-5-7-15(14)22-16/h5-10,12H,4H2,1-3H3,(H,19,21). The van der Waals surface area contributed by atoms with Gasteiger partial charge in [0.2, 0.25) is 0 Å². The smallest absolute Gasteiger partial charge is 0.287 e. The molecule has 0 saturated carbocycles. The van der Waals surface area contributed by atoms with Gasteiger partial charge >= 0.3 is 0 Å². The summed E-state index contributed by atoms with van der Waals surface area (Å²) in [6.45, 7) is 6.77. The molecule has 0 aliphatic rings. The number of amides is 1. The molecule has 0 aliphatic heterocycles. The molecule has 0 radical (unpaired) electrons. The van der Waals surface area contributed by atoms with E-state index in [1.165, 1.54) is 0 Å². The van der Waals surface area contributed by atoms with Crippen LogP contribution in [0.15, 0.2) is 41.1 Å².